The monoisotopic (exact) mass is 448 g/mol. The van der Waals surface area contributed by atoms with E-state index in [9.17, 15) is 9.90 Å². The van der Waals surface area contributed by atoms with Crippen molar-refractivity contribution in [2.24, 2.45) is 0 Å². The van der Waals surface area contributed by atoms with E-state index in [0.717, 1.165) is 64.2 Å². The van der Waals surface area contributed by atoms with Crippen molar-refractivity contribution in [1.29, 1.82) is 0 Å². The Morgan fingerprint density at radius 1 is 0.727 bits per heavy atom. The zero-order chi connectivity index (χ0) is 22.6. The molecule has 33 heavy (non-hydrogen) atoms. The maximum Gasteiger partial charge on any atom is 0.253 e. The summed E-state index contributed by atoms with van der Waals surface area (Å²) < 4.78 is 0. The second-order valence-corrected chi connectivity index (χ2v) is 9.67. The third kappa shape index (κ3) is 5.17. The smallest absolute Gasteiger partial charge is 0.253 e. The van der Waals surface area contributed by atoms with Gasteiger partial charge in [-0.05, 0) is 62.1 Å². The molecule has 1 N–H and O–H groups in total. The minimum absolute atomic E-state index is 0.0358. The number of aliphatic hydroxyl groups excluding tert-OH is 1. The van der Waals surface area contributed by atoms with Crippen LogP contribution in [-0.4, -0.2) is 85.3 Å². The molecule has 0 saturated carbocycles. The first kappa shape index (κ1) is 22.2. The molecular formula is C27H36N4O2. The van der Waals surface area contributed by atoms with Crippen molar-refractivity contribution in [3.8, 4) is 0 Å². The van der Waals surface area contributed by atoms with Gasteiger partial charge in [0.25, 0.3) is 5.91 Å². The van der Waals surface area contributed by atoms with Crippen LogP contribution in [0.15, 0.2) is 54.6 Å². The van der Waals surface area contributed by atoms with Crippen molar-refractivity contribution in [3.05, 3.63) is 60.2 Å². The number of hydrogen-bond acceptors (Lipinski definition) is 5. The molecule has 3 heterocycles. The van der Waals surface area contributed by atoms with Gasteiger partial charge in [0.1, 0.15) is 0 Å². The Morgan fingerprint density at radius 2 is 1.36 bits per heavy atom. The number of piperazine rings is 1. The molecule has 3 saturated heterocycles. The third-order valence-electron chi connectivity index (χ3n) is 7.58. The van der Waals surface area contributed by atoms with E-state index in [1.54, 1.807) is 4.90 Å². The largest absolute Gasteiger partial charge is 0.391 e. The van der Waals surface area contributed by atoms with E-state index in [-0.39, 0.29) is 12.0 Å². The molecule has 0 bridgehead atoms. The first-order chi connectivity index (χ1) is 16.2. The predicted octanol–water partition coefficient (Wildman–Crippen LogP) is 3.07. The van der Waals surface area contributed by atoms with Crippen LogP contribution in [-0.2, 0) is 0 Å². The molecule has 0 aromatic heterocycles. The lowest BCUT2D eigenvalue weighted by molar-refractivity contribution is 0.0474. The summed E-state index contributed by atoms with van der Waals surface area (Å²) in [5.74, 6) is 0.0358. The molecule has 3 aliphatic rings. The van der Waals surface area contributed by atoms with Crippen LogP contribution in [0.4, 0.5) is 11.4 Å². The maximum atomic E-state index is 12.8. The van der Waals surface area contributed by atoms with Gasteiger partial charge in [-0.3, -0.25) is 9.69 Å². The van der Waals surface area contributed by atoms with Crippen molar-refractivity contribution >= 4 is 17.3 Å². The van der Waals surface area contributed by atoms with E-state index >= 15 is 0 Å². The minimum Gasteiger partial charge on any atom is -0.391 e. The van der Waals surface area contributed by atoms with E-state index in [1.807, 2.05) is 12.1 Å². The summed E-state index contributed by atoms with van der Waals surface area (Å²) in [6.07, 6.45) is 3.67. The van der Waals surface area contributed by atoms with Crippen molar-refractivity contribution in [2.45, 2.75) is 37.8 Å². The Labute approximate surface area is 197 Å². The van der Waals surface area contributed by atoms with Crippen molar-refractivity contribution < 1.29 is 9.90 Å². The van der Waals surface area contributed by atoms with Gasteiger partial charge in [0.05, 0.1) is 6.10 Å². The summed E-state index contributed by atoms with van der Waals surface area (Å²) in [5.41, 5.74) is 3.27. The molecule has 3 aliphatic heterocycles. The molecule has 6 heteroatoms. The Bertz CT molecular complexity index is 903. The lowest BCUT2D eigenvalue weighted by Crippen LogP contribution is -2.53. The Morgan fingerprint density at radius 3 is 2.03 bits per heavy atom. The number of anilines is 2. The fourth-order valence-corrected chi connectivity index (χ4v) is 5.61. The second-order valence-electron chi connectivity index (χ2n) is 9.67. The standard InChI is InChI=1S/C27H36N4O2/c32-26-7-4-14-31(21-26)27(33)22-8-10-24(11-9-22)28-15-12-25(13-16-28)30-19-17-29(18-20-30)23-5-2-1-3-6-23/h1-3,5-6,8-11,25-26,32H,4,7,12-21H2. The first-order valence-electron chi connectivity index (χ1n) is 12.5. The van der Waals surface area contributed by atoms with Gasteiger partial charge in [0.2, 0.25) is 0 Å². The molecule has 0 spiro atoms. The van der Waals surface area contributed by atoms with Crippen LogP contribution in [0.25, 0.3) is 0 Å². The van der Waals surface area contributed by atoms with E-state index in [1.165, 1.54) is 24.2 Å². The number of benzene rings is 2. The average molecular weight is 449 g/mol. The summed E-state index contributed by atoms with van der Waals surface area (Å²) in [6.45, 7) is 7.81. The first-order valence-corrected chi connectivity index (χ1v) is 12.5. The summed E-state index contributed by atoms with van der Waals surface area (Å²) in [6, 6.07) is 19.5. The van der Waals surface area contributed by atoms with Crippen molar-refractivity contribution in [2.75, 3.05) is 62.2 Å². The van der Waals surface area contributed by atoms with Crippen LogP contribution >= 0.6 is 0 Å². The molecule has 0 radical (unpaired) electrons. The number of nitrogens with zero attached hydrogens (tertiary/aromatic N) is 4. The highest BCUT2D eigenvalue weighted by Crippen LogP contribution is 2.25. The van der Waals surface area contributed by atoms with Gasteiger partial charge >= 0.3 is 0 Å². The number of para-hydroxylation sites is 1. The number of hydrogen-bond donors (Lipinski definition) is 1. The minimum atomic E-state index is -0.385. The lowest BCUT2D eigenvalue weighted by Gasteiger charge is -2.43. The number of rotatable bonds is 4. The zero-order valence-electron chi connectivity index (χ0n) is 19.5. The number of β-amino-alcohol motifs (C(OH)–C–C–N with tert-alkyl or cyclic N) is 1. The van der Waals surface area contributed by atoms with E-state index in [0.29, 0.717) is 12.6 Å². The molecule has 2 aromatic rings. The van der Waals surface area contributed by atoms with Gasteiger partial charge in [-0.15, -0.1) is 0 Å². The van der Waals surface area contributed by atoms with Crippen LogP contribution in [0, 0.1) is 0 Å². The van der Waals surface area contributed by atoms with Gasteiger partial charge in [0.15, 0.2) is 0 Å². The number of carbonyl (C=O) groups excluding carboxylic acids is 1. The summed E-state index contributed by atoms with van der Waals surface area (Å²) in [7, 11) is 0. The van der Waals surface area contributed by atoms with Gasteiger partial charge in [0, 0.05) is 75.3 Å². The van der Waals surface area contributed by atoms with Gasteiger partial charge < -0.3 is 19.8 Å². The van der Waals surface area contributed by atoms with E-state index in [2.05, 4.69) is 57.2 Å². The molecule has 1 unspecified atom stereocenters. The van der Waals surface area contributed by atoms with Crippen molar-refractivity contribution in [1.82, 2.24) is 9.80 Å². The van der Waals surface area contributed by atoms with Gasteiger partial charge in [-0.2, -0.15) is 0 Å². The van der Waals surface area contributed by atoms with E-state index in [4.69, 9.17) is 0 Å². The normalized spacial score (nSPS) is 23.1. The van der Waals surface area contributed by atoms with Crippen LogP contribution in [0.2, 0.25) is 0 Å². The van der Waals surface area contributed by atoms with Crippen LogP contribution in [0.3, 0.4) is 0 Å². The summed E-state index contributed by atoms with van der Waals surface area (Å²) >= 11 is 0. The number of aliphatic hydroxyl groups is 1. The lowest BCUT2D eigenvalue weighted by atomic mass is 10.0. The molecular weight excluding hydrogens is 412 g/mol. The van der Waals surface area contributed by atoms with Crippen LogP contribution < -0.4 is 9.80 Å². The van der Waals surface area contributed by atoms with Crippen molar-refractivity contribution in [3.63, 3.8) is 0 Å². The average Bonchev–Trinajstić information content (AvgIpc) is 2.89. The number of carbonyl (C=O) groups is 1. The van der Waals surface area contributed by atoms with Gasteiger partial charge in [-0.25, -0.2) is 0 Å². The summed E-state index contributed by atoms with van der Waals surface area (Å²) in [4.78, 5) is 22.2. The molecule has 2 aromatic carbocycles. The highest BCUT2D eigenvalue weighted by molar-refractivity contribution is 5.94. The molecule has 1 atom stereocenters. The summed E-state index contributed by atoms with van der Waals surface area (Å²) in [5, 5.41) is 9.86. The zero-order valence-corrected chi connectivity index (χ0v) is 19.5. The SMILES string of the molecule is O=C(c1ccc(N2CCC(N3CCN(c4ccccc4)CC3)CC2)cc1)N1CCCC(O)C1. The number of likely N-dealkylation sites (tertiary alicyclic amines) is 1. The van der Waals surface area contributed by atoms with E-state index < -0.39 is 0 Å². The number of piperidine rings is 2. The third-order valence-corrected chi connectivity index (χ3v) is 7.58. The molecule has 176 valence electrons. The molecule has 1 amide bonds. The molecule has 3 fully saturated rings. The van der Waals surface area contributed by atoms with Gasteiger partial charge in [-0.1, -0.05) is 18.2 Å². The highest BCUT2D eigenvalue weighted by Gasteiger charge is 2.28. The Balaban J connectivity index is 1.11. The maximum absolute atomic E-state index is 12.8. The Kier molecular flexibility index (Phi) is 6.83. The molecule has 0 aliphatic carbocycles. The Hall–Kier alpha value is -2.57. The van der Waals surface area contributed by atoms with Crippen LogP contribution in [0.1, 0.15) is 36.0 Å². The topological polar surface area (TPSA) is 50.3 Å². The molecule has 5 rings (SSSR count). The highest BCUT2D eigenvalue weighted by atomic mass is 16.3. The molecule has 6 nitrogen and oxygen atoms in total. The number of amides is 1. The predicted molar refractivity (Wildman–Crippen MR) is 133 cm³/mol. The fraction of sp³-hybridized carbons (Fsp3) is 0.519. The van der Waals surface area contributed by atoms with Crippen LogP contribution in [0.5, 0.6) is 0 Å². The fourth-order valence-electron chi connectivity index (χ4n) is 5.61. The quantitative estimate of drug-likeness (QED) is 0.779. The second kappa shape index (κ2) is 10.1.